The maximum Gasteiger partial charge on any atom is 0.315 e. The molecule has 7 nitrogen and oxygen atoms in total. The van der Waals surface area contributed by atoms with Gasteiger partial charge in [0.2, 0.25) is 5.91 Å². The van der Waals surface area contributed by atoms with Gasteiger partial charge >= 0.3 is 6.03 Å². The summed E-state index contributed by atoms with van der Waals surface area (Å²) in [6, 6.07) is 8.79. The maximum absolute atomic E-state index is 12.4. The van der Waals surface area contributed by atoms with E-state index in [2.05, 4.69) is 15.6 Å². The molecule has 0 spiro atoms. The van der Waals surface area contributed by atoms with Crippen LogP contribution in [0, 0.1) is 0 Å². The molecule has 0 saturated carbocycles. The van der Waals surface area contributed by atoms with Crippen molar-refractivity contribution < 1.29 is 9.59 Å². The summed E-state index contributed by atoms with van der Waals surface area (Å²) >= 11 is 0. The number of hydrogen-bond acceptors (Lipinski definition) is 3. The molecule has 1 aliphatic rings. The van der Waals surface area contributed by atoms with E-state index in [0.717, 1.165) is 25.1 Å². The van der Waals surface area contributed by atoms with Gasteiger partial charge in [0.25, 0.3) is 0 Å². The fourth-order valence-corrected chi connectivity index (χ4v) is 2.93. The van der Waals surface area contributed by atoms with Crippen LogP contribution in [0.1, 0.15) is 19.3 Å². The number of hydrogen-bond donors (Lipinski definition) is 2. The van der Waals surface area contributed by atoms with Crippen LogP contribution in [0.25, 0.3) is 0 Å². The molecule has 2 aromatic rings. The van der Waals surface area contributed by atoms with Crippen LogP contribution in [-0.2, 0) is 11.3 Å². The van der Waals surface area contributed by atoms with Crippen molar-refractivity contribution in [2.45, 2.75) is 31.8 Å². The molecule has 25 heavy (non-hydrogen) atoms. The van der Waals surface area contributed by atoms with Crippen LogP contribution in [0.5, 0.6) is 0 Å². The standard InChI is InChI=1S/C18H23N5O2/c24-17-16(8-12-23(17)15-6-2-1-3-7-15)21-18(25)20-9-4-5-11-22-13-10-19-14-22/h1-3,6-7,10,13-14,16H,4-5,8-9,11-12H2,(H2,20,21,25). The summed E-state index contributed by atoms with van der Waals surface area (Å²) in [6.07, 6.45) is 7.92. The lowest BCUT2D eigenvalue weighted by Crippen LogP contribution is -2.46. The maximum atomic E-state index is 12.4. The molecule has 1 atom stereocenters. The molecule has 0 radical (unpaired) electrons. The van der Waals surface area contributed by atoms with Gasteiger partial charge in [-0.25, -0.2) is 9.78 Å². The van der Waals surface area contributed by atoms with Crippen LogP contribution in [0.2, 0.25) is 0 Å². The minimum atomic E-state index is -0.453. The van der Waals surface area contributed by atoms with Crippen LogP contribution in [-0.4, -0.2) is 40.6 Å². The van der Waals surface area contributed by atoms with Crippen molar-refractivity contribution in [3.8, 4) is 0 Å². The molecule has 2 N–H and O–H groups in total. The van der Waals surface area contributed by atoms with E-state index in [1.807, 2.05) is 41.1 Å². The van der Waals surface area contributed by atoms with Crippen LogP contribution in [0.4, 0.5) is 10.5 Å². The monoisotopic (exact) mass is 341 g/mol. The molecule has 3 amide bonds. The highest BCUT2D eigenvalue weighted by atomic mass is 16.2. The van der Waals surface area contributed by atoms with E-state index in [1.165, 1.54) is 0 Å². The molecule has 3 rings (SSSR count). The Morgan fingerprint density at radius 3 is 2.84 bits per heavy atom. The van der Waals surface area contributed by atoms with E-state index in [9.17, 15) is 9.59 Å². The van der Waals surface area contributed by atoms with Crippen molar-refractivity contribution in [2.75, 3.05) is 18.0 Å². The predicted octanol–water partition coefficient (Wildman–Crippen LogP) is 1.77. The molecule has 132 valence electrons. The van der Waals surface area contributed by atoms with E-state index in [1.54, 1.807) is 17.4 Å². The average Bonchev–Trinajstić information content (AvgIpc) is 3.26. The van der Waals surface area contributed by atoms with Crippen molar-refractivity contribution in [3.63, 3.8) is 0 Å². The molecule has 1 aromatic carbocycles. The van der Waals surface area contributed by atoms with Gasteiger partial charge in [-0.2, -0.15) is 0 Å². The molecular formula is C18H23N5O2. The average molecular weight is 341 g/mol. The molecule has 0 aliphatic carbocycles. The largest absolute Gasteiger partial charge is 0.338 e. The smallest absolute Gasteiger partial charge is 0.315 e. The number of amides is 3. The number of carbonyl (C=O) groups is 2. The molecule has 2 heterocycles. The summed E-state index contributed by atoms with van der Waals surface area (Å²) in [4.78, 5) is 30.1. The van der Waals surface area contributed by atoms with E-state index in [0.29, 0.717) is 19.5 Å². The summed E-state index contributed by atoms with van der Waals surface area (Å²) in [7, 11) is 0. The van der Waals surface area contributed by atoms with Gasteiger partial charge in [-0.1, -0.05) is 18.2 Å². The normalized spacial score (nSPS) is 16.9. The Bertz CT molecular complexity index is 687. The fraction of sp³-hybridized carbons (Fsp3) is 0.389. The van der Waals surface area contributed by atoms with Gasteiger partial charge in [0.1, 0.15) is 6.04 Å². The van der Waals surface area contributed by atoms with Gasteiger partial charge in [0.05, 0.1) is 6.33 Å². The zero-order valence-corrected chi connectivity index (χ0v) is 14.1. The predicted molar refractivity (Wildman–Crippen MR) is 95.2 cm³/mol. The molecule has 1 aromatic heterocycles. The molecule has 1 fully saturated rings. The Morgan fingerprint density at radius 2 is 2.08 bits per heavy atom. The second kappa shape index (κ2) is 8.32. The Hall–Kier alpha value is -2.83. The summed E-state index contributed by atoms with van der Waals surface area (Å²) < 4.78 is 2.01. The number of nitrogens with zero attached hydrogens (tertiary/aromatic N) is 3. The highest BCUT2D eigenvalue weighted by molar-refractivity contribution is 6.01. The number of nitrogens with one attached hydrogen (secondary N) is 2. The van der Waals surface area contributed by atoms with Gasteiger partial charge < -0.3 is 20.1 Å². The SMILES string of the molecule is O=C(NCCCCn1ccnc1)NC1CCN(c2ccccc2)C1=O. The van der Waals surface area contributed by atoms with E-state index in [4.69, 9.17) is 0 Å². The van der Waals surface area contributed by atoms with Gasteiger partial charge in [0.15, 0.2) is 0 Å². The van der Waals surface area contributed by atoms with E-state index >= 15 is 0 Å². The van der Waals surface area contributed by atoms with E-state index < -0.39 is 6.04 Å². The second-order valence-electron chi connectivity index (χ2n) is 6.07. The van der Waals surface area contributed by atoms with Gasteiger partial charge in [0, 0.05) is 37.7 Å². The summed E-state index contributed by atoms with van der Waals surface area (Å²) in [5.74, 6) is -0.0542. The Kier molecular flexibility index (Phi) is 5.66. The lowest BCUT2D eigenvalue weighted by Gasteiger charge is -2.17. The van der Waals surface area contributed by atoms with Gasteiger partial charge in [-0.3, -0.25) is 4.79 Å². The van der Waals surface area contributed by atoms with Crippen LogP contribution < -0.4 is 15.5 Å². The van der Waals surface area contributed by atoms with Crippen molar-refractivity contribution in [1.29, 1.82) is 0 Å². The lowest BCUT2D eigenvalue weighted by atomic mass is 10.2. The van der Waals surface area contributed by atoms with Crippen molar-refractivity contribution >= 4 is 17.6 Å². The molecule has 1 unspecified atom stereocenters. The lowest BCUT2D eigenvalue weighted by molar-refractivity contribution is -0.118. The van der Waals surface area contributed by atoms with Crippen LogP contribution in [0.15, 0.2) is 49.1 Å². The first-order valence-electron chi connectivity index (χ1n) is 8.60. The molecule has 1 aliphatic heterocycles. The number of benzene rings is 1. The third-order valence-electron chi connectivity index (χ3n) is 4.27. The highest BCUT2D eigenvalue weighted by Gasteiger charge is 2.33. The number of urea groups is 1. The third kappa shape index (κ3) is 4.59. The van der Waals surface area contributed by atoms with Crippen LogP contribution in [0.3, 0.4) is 0 Å². The van der Waals surface area contributed by atoms with Crippen molar-refractivity contribution in [1.82, 2.24) is 20.2 Å². The minimum Gasteiger partial charge on any atom is -0.338 e. The van der Waals surface area contributed by atoms with E-state index in [-0.39, 0.29) is 11.9 Å². The Balaban J connectivity index is 1.36. The number of carbonyl (C=O) groups excluding carboxylic acids is 2. The number of aromatic nitrogens is 2. The summed E-state index contributed by atoms with van der Waals surface area (Å²) in [5.41, 5.74) is 0.872. The van der Waals surface area contributed by atoms with Gasteiger partial charge in [-0.15, -0.1) is 0 Å². The summed E-state index contributed by atoms with van der Waals surface area (Å²) in [5, 5.41) is 5.60. The first-order chi connectivity index (χ1) is 12.2. The molecular weight excluding hydrogens is 318 g/mol. The van der Waals surface area contributed by atoms with Crippen molar-refractivity contribution in [2.24, 2.45) is 0 Å². The van der Waals surface area contributed by atoms with Crippen LogP contribution >= 0.6 is 0 Å². The molecule has 7 heteroatoms. The quantitative estimate of drug-likeness (QED) is 0.753. The Labute approximate surface area is 147 Å². The number of imidazole rings is 1. The third-order valence-corrected chi connectivity index (χ3v) is 4.27. The molecule has 1 saturated heterocycles. The number of unbranched alkanes of at least 4 members (excludes halogenated alkanes) is 1. The first kappa shape index (κ1) is 17.0. The van der Waals surface area contributed by atoms with Gasteiger partial charge in [-0.05, 0) is 31.4 Å². The second-order valence-corrected chi connectivity index (χ2v) is 6.07. The number of anilines is 1. The zero-order chi connectivity index (χ0) is 17.5. The first-order valence-corrected chi connectivity index (χ1v) is 8.60. The summed E-state index contributed by atoms with van der Waals surface area (Å²) in [6.45, 7) is 2.10. The zero-order valence-electron chi connectivity index (χ0n) is 14.1. The molecule has 0 bridgehead atoms. The number of rotatable bonds is 7. The number of aryl methyl sites for hydroxylation is 1. The number of para-hydroxylation sites is 1. The van der Waals surface area contributed by atoms with Crippen molar-refractivity contribution in [3.05, 3.63) is 49.1 Å². The Morgan fingerprint density at radius 1 is 1.24 bits per heavy atom. The highest BCUT2D eigenvalue weighted by Crippen LogP contribution is 2.20. The topological polar surface area (TPSA) is 79.3 Å². The minimum absolute atomic E-state index is 0.0542. The fourth-order valence-electron chi connectivity index (χ4n) is 2.93.